The van der Waals surface area contributed by atoms with E-state index in [1.54, 1.807) is 0 Å². The van der Waals surface area contributed by atoms with E-state index in [2.05, 4.69) is 60.7 Å². The molecule has 106 valence electrons. The van der Waals surface area contributed by atoms with Crippen molar-refractivity contribution >= 4 is 54.3 Å². The van der Waals surface area contributed by atoms with Gasteiger partial charge in [0.25, 0.3) is 0 Å². The molecule has 0 bridgehead atoms. The standard InChI is InChI=1S/C22H12O/c1-2-7-19-16(6-1)18-12-15-9-8-13-4-3-5-14-10-11-17(22(18)23-19)21(15)20(13)14/h1-12H. The van der Waals surface area contributed by atoms with Gasteiger partial charge in [0.1, 0.15) is 11.2 Å². The third-order valence-corrected chi connectivity index (χ3v) is 4.99. The molecule has 23 heavy (non-hydrogen) atoms. The Morgan fingerprint density at radius 2 is 1.30 bits per heavy atom. The summed E-state index contributed by atoms with van der Waals surface area (Å²) < 4.78 is 6.21. The molecule has 1 heterocycles. The maximum atomic E-state index is 6.21. The first-order chi connectivity index (χ1) is 11.4. The first-order valence-electron chi connectivity index (χ1n) is 7.88. The van der Waals surface area contributed by atoms with Crippen molar-refractivity contribution < 1.29 is 4.42 Å². The minimum Gasteiger partial charge on any atom is -0.455 e. The van der Waals surface area contributed by atoms with E-state index in [4.69, 9.17) is 4.42 Å². The smallest absolute Gasteiger partial charge is 0.143 e. The van der Waals surface area contributed by atoms with Crippen molar-refractivity contribution in [2.24, 2.45) is 0 Å². The second kappa shape index (κ2) is 3.82. The second-order valence-electron chi connectivity index (χ2n) is 6.21. The molecule has 0 radical (unpaired) electrons. The monoisotopic (exact) mass is 292 g/mol. The van der Waals surface area contributed by atoms with E-state index in [-0.39, 0.29) is 0 Å². The zero-order chi connectivity index (χ0) is 15.0. The highest BCUT2D eigenvalue weighted by Crippen LogP contribution is 2.41. The summed E-state index contributed by atoms with van der Waals surface area (Å²) in [5.74, 6) is 0. The Labute approximate surface area is 132 Å². The summed E-state index contributed by atoms with van der Waals surface area (Å²) in [5.41, 5.74) is 1.95. The third-order valence-electron chi connectivity index (χ3n) is 4.99. The van der Waals surface area contributed by atoms with Crippen LogP contribution in [0.4, 0.5) is 0 Å². The average molecular weight is 292 g/mol. The molecule has 5 aromatic carbocycles. The lowest BCUT2D eigenvalue weighted by molar-refractivity contribution is 0.673. The van der Waals surface area contributed by atoms with Crippen LogP contribution in [-0.4, -0.2) is 0 Å². The summed E-state index contributed by atoms with van der Waals surface area (Å²) >= 11 is 0. The highest BCUT2D eigenvalue weighted by atomic mass is 16.3. The molecule has 0 unspecified atom stereocenters. The van der Waals surface area contributed by atoms with Crippen molar-refractivity contribution in [2.75, 3.05) is 0 Å². The second-order valence-corrected chi connectivity index (χ2v) is 6.21. The van der Waals surface area contributed by atoms with Gasteiger partial charge in [-0.25, -0.2) is 0 Å². The zero-order valence-electron chi connectivity index (χ0n) is 12.3. The van der Waals surface area contributed by atoms with Crippen LogP contribution in [0.1, 0.15) is 0 Å². The quantitative estimate of drug-likeness (QED) is 0.292. The molecule has 0 saturated heterocycles. The predicted molar refractivity (Wildman–Crippen MR) is 97.4 cm³/mol. The van der Waals surface area contributed by atoms with Crippen molar-refractivity contribution in [3.8, 4) is 0 Å². The molecule has 1 heteroatoms. The van der Waals surface area contributed by atoms with E-state index < -0.39 is 0 Å². The Morgan fingerprint density at radius 1 is 0.522 bits per heavy atom. The molecule has 6 rings (SSSR count). The number of fused-ring (bicyclic) bond motifs is 4. The molecule has 0 fully saturated rings. The number of rotatable bonds is 0. The fraction of sp³-hybridized carbons (Fsp3) is 0. The van der Waals surface area contributed by atoms with E-state index in [0.29, 0.717) is 0 Å². The molecular weight excluding hydrogens is 280 g/mol. The van der Waals surface area contributed by atoms with Crippen LogP contribution < -0.4 is 0 Å². The largest absolute Gasteiger partial charge is 0.455 e. The van der Waals surface area contributed by atoms with Gasteiger partial charge < -0.3 is 4.42 Å². The maximum Gasteiger partial charge on any atom is 0.143 e. The molecule has 0 spiro atoms. The Bertz CT molecular complexity index is 1340. The molecule has 0 amide bonds. The van der Waals surface area contributed by atoms with Crippen LogP contribution in [0.25, 0.3) is 54.3 Å². The van der Waals surface area contributed by atoms with Crippen molar-refractivity contribution in [3.63, 3.8) is 0 Å². The maximum absolute atomic E-state index is 6.21. The van der Waals surface area contributed by atoms with E-state index in [1.165, 1.54) is 43.1 Å². The lowest BCUT2D eigenvalue weighted by Crippen LogP contribution is -1.83. The molecule has 0 saturated carbocycles. The number of furan rings is 1. The van der Waals surface area contributed by atoms with Crippen molar-refractivity contribution in [3.05, 3.63) is 72.8 Å². The molecule has 0 aliphatic rings. The Morgan fingerprint density at radius 3 is 2.22 bits per heavy atom. The number of benzene rings is 5. The van der Waals surface area contributed by atoms with Crippen LogP contribution in [0.15, 0.2) is 77.2 Å². The van der Waals surface area contributed by atoms with Crippen molar-refractivity contribution in [2.45, 2.75) is 0 Å². The fourth-order valence-electron chi connectivity index (χ4n) is 3.98. The van der Waals surface area contributed by atoms with Crippen LogP contribution in [0, 0.1) is 0 Å². The predicted octanol–water partition coefficient (Wildman–Crippen LogP) is 6.48. The van der Waals surface area contributed by atoms with E-state index >= 15 is 0 Å². The van der Waals surface area contributed by atoms with Gasteiger partial charge in [-0.1, -0.05) is 54.6 Å². The molecule has 0 atom stereocenters. The summed E-state index contributed by atoms with van der Waals surface area (Å²) in [6.45, 7) is 0. The van der Waals surface area contributed by atoms with Crippen molar-refractivity contribution in [1.82, 2.24) is 0 Å². The molecular formula is C22H12O. The summed E-state index contributed by atoms with van der Waals surface area (Å²) in [6.07, 6.45) is 0. The number of para-hydroxylation sites is 1. The summed E-state index contributed by atoms with van der Waals surface area (Å²) in [5, 5.41) is 10.1. The van der Waals surface area contributed by atoms with Crippen LogP contribution in [0.5, 0.6) is 0 Å². The average Bonchev–Trinajstić information content (AvgIpc) is 2.98. The minimum absolute atomic E-state index is 0.956. The van der Waals surface area contributed by atoms with Crippen molar-refractivity contribution in [1.29, 1.82) is 0 Å². The normalized spacial score (nSPS) is 12.3. The van der Waals surface area contributed by atoms with E-state index in [0.717, 1.165) is 11.2 Å². The molecule has 0 aliphatic carbocycles. The SMILES string of the molecule is c1cc2ccc3cc4c5ccccc5oc4c4ccc(c1)c2c34. The van der Waals surface area contributed by atoms with Gasteiger partial charge in [-0.15, -0.1) is 0 Å². The lowest BCUT2D eigenvalue weighted by Gasteiger charge is -2.10. The topological polar surface area (TPSA) is 13.1 Å². The van der Waals surface area contributed by atoms with Crippen LogP contribution in [-0.2, 0) is 0 Å². The molecule has 0 aliphatic heterocycles. The first-order valence-corrected chi connectivity index (χ1v) is 7.88. The van der Waals surface area contributed by atoms with Gasteiger partial charge in [0.2, 0.25) is 0 Å². The van der Waals surface area contributed by atoms with Crippen LogP contribution in [0.3, 0.4) is 0 Å². The van der Waals surface area contributed by atoms with E-state index in [1.807, 2.05) is 12.1 Å². The Balaban J connectivity index is 2.01. The van der Waals surface area contributed by atoms with Gasteiger partial charge >= 0.3 is 0 Å². The van der Waals surface area contributed by atoms with Gasteiger partial charge in [0, 0.05) is 21.5 Å². The van der Waals surface area contributed by atoms with Gasteiger partial charge in [-0.3, -0.25) is 0 Å². The fourth-order valence-corrected chi connectivity index (χ4v) is 3.98. The highest BCUT2D eigenvalue weighted by Gasteiger charge is 2.15. The van der Waals surface area contributed by atoms with Gasteiger partial charge in [0.15, 0.2) is 0 Å². The van der Waals surface area contributed by atoms with Crippen LogP contribution in [0.2, 0.25) is 0 Å². The van der Waals surface area contributed by atoms with Gasteiger partial charge in [0.05, 0.1) is 0 Å². The molecule has 6 aromatic rings. The summed E-state index contributed by atoms with van der Waals surface area (Å²) in [4.78, 5) is 0. The molecule has 0 N–H and O–H groups in total. The highest BCUT2D eigenvalue weighted by molar-refractivity contribution is 6.30. The summed E-state index contributed by atoms with van der Waals surface area (Å²) in [7, 11) is 0. The molecule has 1 aromatic heterocycles. The Kier molecular flexibility index (Phi) is 1.91. The number of hydrogen-bond donors (Lipinski definition) is 0. The summed E-state index contributed by atoms with van der Waals surface area (Å²) in [6, 6.07) is 25.9. The zero-order valence-corrected chi connectivity index (χ0v) is 12.3. The van der Waals surface area contributed by atoms with Gasteiger partial charge in [-0.05, 0) is 39.7 Å². The van der Waals surface area contributed by atoms with E-state index in [9.17, 15) is 0 Å². The van der Waals surface area contributed by atoms with Gasteiger partial charge in [-0.2, -0.15) is 0 Å². The minimum atomic E-state index is 0.956. The molecule has 1 nitrogen and oxygen atoms in total. The third kappa shape index (κ3) is 1.33. The lowest BCUT2D eigenvalue weighted by atomic mass is 9.93. The Hall–Kier alpha value is -3.06. The van der Waals surface area contributed by atoms with Crippen LogP contribution >= 0.6 is 0 Å². The number of hydrogen-bond acceptors (Lipinski definition) is 1. The first kappa shape index (κ1) is 11.5.